The SMILES string of the molecule is CC(C)Nc1nnc(SCCCc2nc(-c3ccncc3)no2)s1. The zero-order valence-corrected chi connectivity index (χ0v) is 15.1. The predicted molar refractivity (Wildman–Crippen MR) is 95.2 cm³/mol. The lowest BCUT2D eigenvalue weighted by atomic mass is 10.2. The van der Waals surface area contributed by atoms with Crippen molar-refractivity contribution in [1.82, 2.24) is 25.3 Å². The van der Waals surface area contributed by atoms with Crippen LogP contribution < -0.4 is 5.32 Å². The molecule has 0 unspecified atom stereocenters. The van der Waals surface area contributed by atoms with E-state index in [1.807, 2.05) is 12.1 Å². The van der Waals surface area contributed by atoms with E-state index in [1.165, 1.54) is 0 Å². The lowest BCUT2D eigenvalue weighted by Gasteiger charge is -2.02. The van der Waals surface area contributed by atoms with Gasteiger partial charge < -0.3 is 9.84 Å². The van der Waals surface area contributed by atoms with Gasteiger partial charge in [0.2, 0.25) is 16.8 Å². The molecule has 7 nitrogen and oxygen atoms in total. The van der Waals surface area contributed by atoms with Crippen LogP contribution in [0.2, 0.25) is 0 Å². The maximum atomic E-state index is 5.29. The molecule has 1 N–H and O–H groups in total. The molecule has 24 heavy (non-hydrogen) atoms. The van der Waals surface area contributed by atoms with Gasteiger partial charge in [0.1, 0.15) is 0 Å². The molecular formula is C15H18N6OS2. The van der Waals surface area contributed by atoms with Crippen molar-refractivity contribution in [1.29, 1.82) is 0 Å². The largest absolute Gasteiger partial charge is 0.358 e. The Morgan fingerprint density at radius 3 is 2.88 bits per heavy atom. The van der Waals surface area contributed by atoms with Crippen LogP contribution in [0.1, 0.15) is 26.2 Å². The molecule has 3 rings (SSSR count). The summed E-state index contributed by atoms with van der Waals surface area (Å²) in [4.78, 5) is 8.39. The van der Waals surface area contributed by atoms with Gasteiger partial charge in [-0.1, -0.05) is 28.3 Å². The number of aryl methyl sites for hydroxylation is 1. The topological polar surface area (TPSA) is 89.6 Å². The first kappa shape index (κ1) is 16.8. The van der Waals surface area contributed by atoms with Crippen LogP contribution in [-0.2, 0) is 6.42 Å². The standard InChI is InChI=1S/C15H18N6OS2/c1-10(2)17-14-19-20-15(24-14)23-9-3-4-12-18-13(21-22-12)11-5-7-16-8-6-11/h5-8,10H,3-4,9H2,1-2H3,(H,17,19). The maximum Gasteiger partial charge on any atom is 0.226 e. The Hall–Kier alpha value is -2.00. The highest BCUT2D eigenvalue weighted by molar-refractivity contribution is 8.01. The molecule has 0 saturated carbocycles. The number of anilines is 1. The number of hydrogen-bond acceptors (Lipinski definition) is 9. The quantitative estimate of drug-likeness (QED) is 0.481. The van der Waals surface area contributed by atoms with Gasteiger partial charge in [-0.2, -0.15) is 4.98 Å². The van der Waals surface area contributed by atoms with Gasteiger partial charge >= 0.3 is 0 Å². The third-order valence-corrected chi connectivity index (χ3v) is 5.06. The van der Waals surface area contributed by atoms with E-state index >= 15 is 0 Å². The summed E-state index contributed by atoms with van der Waals surface area (Å²) in [6.07, 6.45) is 5.12. The Kier molecular flexibility index (Phi) is 5.76. The highest BCUT2D eigenvalue weighted by atomic mass is 32.2. The molecule has 0 bridgehead atoms. The zero-order valence-electron chi connectivity index (χ0n) is 13.5. The zero-order chi connectivity index (χ0) is 16.8. The summed E-state index contributed by atoms with van der Waals surface area (Å²) >= 11 is 3.28. The van der Waals surface area contributed by atoms with Gasteiger partial charge in [-0.25, -0.2) is 0 Å². The number of nitrogens with zero attached hydrogens (tertiary/aromatic N) is 5. The summed E-state index contributed by atoms with van der Waals surface area (Å²) in [7, 11) is 0. The minimum atomic E-state index is 0.364. The van der Waals surface area contributed by atoms with Crippen molar-refractivity contribution in [3.8, 4) is 11.4 Å². The van der Waals surface area contributed by atoms with Crippen LogP contribution >= 0.6 is 23.1 Å². The molecule has 3 heterocycles. The maximum absolute atomic E-state index is 5.29. The molecule has 9 heteroatoms. The van der Waals surface area contributed by atoms with Crippen LogP contribution in [0.5, 0.6) is 0 Å². The first-order valence-electron chi connectivity index (χ1n) is 7.66. The minimum Gasteiger partial charge on any atom is -0.358 e. The van der Waals surface area contributed by atoms with Crippen LogP contribution in [0.3, 0.4) is 0 Å². The highest BCUT2D eigenvalue weighted by Crippen LogP contribution is 2.26. The molecule has 126 valence electrons. The summed E-state index contributed by atoms with van der Waals surface area (Å²) < 4.78 is 6.27. The first-order chi connectivity index (χ1) is 11.7. The van der Waals surface area contributed by atoms with E-state index in [9.17, 15) is 0 Å². The van der Waals surface area contributed by atoms with Gasteiger partial charge in [0.25, 0.3) is 0 Å². The van der Waals surface area contributed by atoms with Crippen LogP contribution in [0, 0.1) is 0 Å². The number of nitrogens with one attached hydrogen (secondary N) is 1. The molecule has 0 radical (unpaired) electrons. The Balaban J connectivity index is 1.44. The molecule has 0 aliphatic carbocycles. The fourth-order valence-corrected chi connectivity index (χ4v) is 3.84. The molecule has 0 saturated heterocycles. The fraction of sp³-hybridized carbons (Fsp3) is 0.400. The molecule has 0 fully saturated rings. The van der Waals surface area contributed by atoms with Crippen molar-refractivity contribution in [2.45, 2.75) is 37.1 Å². The molecule has 3 aromatic rings. The smallest absolute Gasteiger partial charge is 0.226 e. The number of rotatable bonds is 8. The molecule has 0 aromatic carbocycles. The Morgan fingerprint density at radius 1 is 1.25 bits per heavy atom. The van der Waals surface area contributed by atoms with Crippen molar-refractivity contribution in [3.05, 3.63) is 30.4 Å². The summed E-state index contributed by atoms with van der Waals surface area (Å²) in [5.74, 6) is 2.19. The predicted octanol–water partition coefficient (Wildman–Crippen LogP) is 3.53. The van der Waals surface area contributed by atoms with Crippen molar-refractivity contribution in [2.24, 2.45) is 0 Å². The van der Waals surface area contributed by atoms with Crippen molar-refractivity contribution in [3.63, 3.8) is 0 Å². The molecule has 0 atom stereocenters. The van der Waals surface area contributed by atoms with Crippen LogP contribution in [-0.4, -0.2) is 37.1 Å². The molecule has 0 aliphatic heterocycles. The monoisotopic (exact) mass is 362 g/mol. The van der Waals surface area contributed by atoms with Crippen LogP contribution in [0.4, 0.5) is 5.13 Å². The number of hydrogen-bond donors (Lipinski definition) is 1. The normalized spacial score (nSPS) is 11.1. The third kappa shape index (κ3) is 4.75. The number of thioether (sulfide) groups is 1. The van der Waals surface area contributed by atoms with E-state index in [2.05, 4.69) is 44.5 Å². The second-order valence-electron chi connectivity index (χ2n) is 5.37. The van der Waals surface area contributed by atoms with Gasteiger partial charge in [0, 0.05) is 36.2 Å². The van der Waals surface area contributed by atoms with Crippen molar-refractivity contribution in [2.75, 3.05) is 11.1 Å². The second kappa shape index (κ2) is 8.20. The molecule has 0 aliphatic rings. The molecule has 3 aromatic heterocycles. The molecule has 0 amide bonds. The van der Waals surface area contributed by atoms with Crippen molar-refractivity contribution < 1.29 is 4.52 Å². The second-order valence-corrected chi connectivity index (χ2v) is 7.69. The fourth-order valence-electron chi connectivity index (χ4n) is 1.93. The Morgan fingerprint density at radius 2 is 2.08 bits per heavy atom. The van der Waals surface area contributed by atoms with E-state index in [-0.39, 0.29) is 0 Å². The van der Waals surface area contributed by atoms with E-state index in [0.29, 0.717) is 17.8 Å². The summed E-state index contributed by atoms with van der Waals surface area (Å²) in [6, 6.07) is 4.09. The third-order valence-electron chi connectivity index (χ3n) is 2.99. The Labute approximate surface area is 148 Å². The van der Waals surface area contributed by atoms with Gasteiger partial charge in [-0.3, -0.25) is 4.98 Å². The molecule has 0 spiro atoms. The average Bonchev–Trinajstić information content (AvgIpc) is 3.21. The summed E-state index contributed by atoms with van der Waals surface area (Å²) in [5.41, 5.74) is 0.911. The summed E-state index contributed by atoms with van der Waals surface area (Å²) in [6.45, 7) is 4.16. The van der Waals surface area contributed by atoms with E-state index in [4.69, 9.17) is 4.52 Å². The van der Waals surface area contributed by atoms with Gasteiger partial charge in [-0.05, 0) is 32.4 Å². The lowest BCUT2D eigenvalue weighted by molar-refractivity contribution is 0.378. The summed E-state index contributed by atoms with van der Waals surface area (Å²) in [5, 5.41) is 16.4. The highest BCUT2D eigenvalue weighted by Gasteiger charge is 2.09. The van der Waals surface area contributed by atoms with E-state index < -0.39 is 0 Å². The number of pyridine rings is 1. The first-order valence-corrected chi connectivity index (χ1v) is 9.47. The average molecular weight is 362 g/mol. The lowest BCUT2D eigenvalue weighted by Crippen LogP contribution is -2.08. The van der Waals surface area contributed by atoms with Crippen LogP contribution in [0.25, 0.3) is 11.4 Å². The molecular weight excluding hydrogens is 344 g/mol. The minimum absolute atomic E-state index is 0.364. The van der Waals surface area contributed by atoms with Gasteiger partial charge in [-0.15, -0.1) is 10.2 Å². The van der Waals surface area contributed by atoms with Crippen molar-refractivity contribution >= 4 is 28.2 Å². The van der Waals surface area contributed by atoms with Gasteiger partial charge in [0.15, 0.2) is 4.34 Å². The van der Waals surface area contributed by atoms with Gasteiger partial charge in [0.05, 0.1) is 0 Å². The van der Waals surface area contributed by atoms with Crippen LogP contribution in [0.15, 0.2) is 33.4 Å². The number of aromatic nitrogens is 5. The Bertz CT molecular complexity index is 758. The van der Waals surface area contributed by atoms with E-state index in [0.717, 1.165) is 33.6 Å². The van der Waals surface area contributed by atoms with E-state index in [1.54, 1.807) is 35.5 Å².